The molecule has 46 valence electrons. The highest BCUT2D eigenvalue weighted by Crippen LogP contribution is 1.94. The summed E-state index contributed by atoms with van der Waals surface area (Å²) in [6.07, 6.45) is 2.88. The molecule has 0 radical (unpaired) electrons. The summed E-state index contributed by atoms with van der Waals surface area (Å²) < 4.78 is 0. The molecule has 0 aliphatic heterocycles. The standard InChI is InChI=1S/C7H12O/c1-4-5-6(2)7(3)8/h5H,4H2,1-3H3. The van der Waals surface area contributed by atoms with Crippen LogP contribution in [0.5, 0.6) is 0 Å². The van der Waals surface area contributed by atoms with E-state index in [1.165, 1.54) is 0 Å². The Bertz CT molecular complexity index is 112. The third-order valence-corrected chi connectivity index (χ3v) is 1.07. The number of Topliss-reactive ketones (excluding diaryl/α,β-unsaturated/α-hetero) is 1. The second kappa shape index (κ2) is 3.42. The molecule has 0 bridgehead atoms. The van der Waals surface area contributed by atoms with Crippen LogP contribution in [0.15, 0.2) is 11.6 Å². The molecule has 1 nitrogen and oxygen atoms in total. The molecule has 0 aliphatic rings. The summed E-state index contributed by atoms with van der Waals surface area (Å²) >= 11 is 0. The predicted molar refractivity (Wildman–Crippen MR) is 34.7 cm³/mol. The van der Waals surface area contributed by atoms with Crippen LogP contribution in [0, 0.1) is 0 Å². The first-order valence-electron chi connectivity index (χ1n) is 2.86. The Morgan fingerprint density at radius 1 is 1.50 bits per heavy atom. The van der Waals surface area contributed by atoms with Crippen molar-refractivity contribution in [1.29, 1.82) is 0 Å². The van der Waals surface area contributed by atoms with Gasteiger partial charge in [-0.05, 0) is 25.8 Å². The van der Waals surface area contributed by atoms with Gasteiger partial charge >= 0.3 is 0 Å². The van der Waals surface area contributed by atoms with Gasteiger partial charge in [0.1, 0.15) is 0 Å². The topological polar surface area (TPSA) is 17.1 Å². The maximum atomic E-state index is 10.5. The van der Waals surface area contributed by atoms with Crippen molar-refractivity contribution in [3.63, 3.8) is 0 Å². The lowest BCUT2D eigenvalue weighted by Gasteiger charge is -1.88. The van der Waals surface area contributed by atoms with Crippen LogP contribution in [0.1, 0.15) is 27.2 Å². The quantitative estimate of drug-likeness (QED) is 0.499. The zero-order chi connectivity index (χ0) is 6.57. The zero-order valence-electron chi connectivity index (χ0n) is 5.69. The number of hydrogen-bond acceptors (Lipinski definition) is 1. The van der Waals surface area contributed by atoms with E-state index in [1.807, 2.05) is 19.9 Å². The fraction of sp³-hybridized carbons (Fsp3) is 0.571. The van der Waals surface area contributed by atoms with Crippen molar-refractivity contribution in [3.05, 3.63) is 11.6 Å². The average molecular weight is 112 g/mol. The van der Waals surface area contributed by atoms with Gasteiger partial charge in [0.15, 0.2) is 5.78 Å². The Labute approximate surface area is 50.4 Å². The highest BCUT2D eigenvalue weighted by atomic mass is 16.1. The maximum absolute atomic E-state index is 10.5. The van der Waals surface area contributed by atoms with E-state index in [-0.39, 0.29) is 5.78 Å². The van der Waals surface area contributed by atoms with E-state index in [2.05, 4.69) is 0 Å². The molecular weight excluding hydrogens is 100 g/mol. The van der Waals surface area contributed by atoms with Gasteiger partial charge in [0.2, 0.25) is 0 Å². The minimum Gasteiger partial charge on any atom is -0.295 e. The largest absolute Gasteiger partial charge is 0.295 e. The lowest BCUT2D eigenvalue weighted by atomic mass is 10.2. The SMILES string of the molecule is CCC=C(C)C(C)=O. The Kier molecular flexibility index (Phi) is 3.16. The van der Waals surface area contributed by atoms with Crippen molar-refractivity contribution >= 4 is 5.78 Å². The first-order chi connectivity index (χ1) is 3.68. The first kappa shape index (κ1) is 7.41. The summed E-state index contributed by atoms with van der Waals surface area (Å²) in [5.41, 5.74) is 0.868. The molecule has 8 heavy (non-hydrogen) atoms. The van der Waals surface area contributed by atoms with E-state index < -0.39 is 0 Å². The van der Waals surface area contributed by atoms with E-state index in [0.717, 1.165) is 12.0 Å². The van der Waals surface area contributed by atoms with Crippen molar-refractivity contribution in [1.82, 2.24) is 0 Å². The maximum Gasteiger partial charge on any atom is 0.155 e. The number of rotatable bonds is 2. The number of hydrogen-bond donors (Lipinski definition) is 0. The van der Waals surface area contributed by atoms with Crippen LogP contribution < -0.4 is 0 Å². The molecule has 0 unspecified atom stereocenters. The summed E-state index contributed by atoms with van der Waals surface area (Å²) in [4.78, 5) is 10.5. The number of carbonyl (C=O) groups is 1. The molecule has 0 saturated carbocycles. The third kappa shape index (κ3) is 2.56. The van der Waals surface area contributed by atoms with Crippen molar-refractivity contribution in [2.24, 2.45) is 0 Å². The van der Waals surface area contributed by atoms with Crippen LogP contribution in [0.3, 0.4) is 0 Å². The van der Waals surface area contributed by atoms with Crippen LogP contribution >= 0.6 is 0 Å². The van der Waals surface area contributed by atoms with E-state index in [4.69, 9.17) is 0 Å². The van der Waals surface area contributed by atoms with Gasteiger partial charge in [-0.3, -0.25) is 4.79 Å². The second-order valence-electron chi connectivity index (χ2n) is 1.85. The highest BCUT2D eigenvalue weighted by Gasteiger charge is 1.90. The fourth-order valence-electron chi connectivity index (χ4n) is 0.450. The van der Waals surface area contributed by atoms with E-state index in [9.17, 15) is 4.79 Å². The minimum atomic E-state index is 0.173. The summed E-state index contributed by atoms with van der Waals surface area (Å²) in [6.45, 7) is 5.44. The van der Waals surface area contributed by atoms with Crippen molar-refractivity contribution < 1.29 is 4.79 Å². The van der Waals surface area contributed by atoms with Crippen LogP contribution in [-0.2, 0) is 4.79 Å². The number of allylic oxidation sites excluding steroid dienone is 2. The van der Waals surface area contributed by atoms with Crippen LogP contribution in [-0.4, -0.2) is 5.78 Å². The number of carbonyl (C=O) groups excluding carboxylic acids is 1. The Morgan fingerprint density at radius 3 is 2.12 bits per heavy atom. The fourth-order valence-corrected chi connectivity index (χ4v) is 0.450. The molecule has 0 amide bonds. The molecule has 0 aromatic rings. The third-order valence-electron chi connectivity index (χ3n) is 1.07. The first-order valence-corrected chi connectivity index (χ1v) is 2.86. The Morgan fingerprint density at radius 2 is 2.00 bits per heavy atom. The summed E-state index contributed by atoms with van der Waals surface area (Å²) in [7, 11) is 0. The van der Waals surface area contributed by atoms with Gasteiger partial charge in [-0.2, -0.15) is 0 Å². The van der Waals surface area contributed by atoms with E-state index >= 15 is 0 Å². The minimum absolute atomic E-state index is 0.173. The van der Waals surface area contributed by atoms with Gasteiger partial charge in [0.05, 0.1) is 0 Å². The smallest absolute Gasteiger partial charge is 0.155 e. The van der Waals surface area contributed by atoms with Gasteiger partial charge < -0.3 is 0 Å². The van der Waals surface area contributed by atoms with Crippen LogP contribution in [0.25, 0.3) is 0 Å². The molecule has 0 saturated heterocycles. The van der Waals surface area contributed by atoms with Gasteiger partial charge in [0.25, 0.3) is 0 Å². The van der Waals surface area contributed by atoms with Crippen molar-refractivity contribution in [3.8, 4) is 0 Å². The highest BCUT2D eigenvalue weighted by molar-refractivity contribution is 5.92. The molecule has 0 heterocycles. The van der Waals surface area contributed by atoms with Crippen molar-refractivity contribution in [2.75, 3.05) is 0 Å². The normalized spacial score (nSPS) is 11.6. The van der Waals surface area contributed by atoms with Crippen LogP contribution in [0.4, 0.5) is 0 Å². The Hall–Kier alpha value is -0.590. The Balaban J connectivity index is 3.80. The molecule has 0 spiro atoms. The molecular formula is C7H12O. The summed E-state index contributed by atoms with van der Waals surface area (Å²) in [5, 5.41) is 0. The molecule has 0 aromatic heterocycles. The molecule has 1 heteroatoms. The lowest BCUT2D eigenvalue weighted by molar-refractivity contribution is -0.113. The molecule has 0 rings (SSSR count). The van der Waals surface area contributed by atoms with Crippen LogP contribution in [0.2, 0.25) is 0 Å². The molecule has 0 aromatic carbocycles. The lowest BCUT2D eigenvalue weighted by Crippen LogP contribution is -1.89. The molecule has 0 N–H and O–H groups in total. The molecule has 0 atom stereocenters. The van der Waals surface area contributed by atoms with Gasteiger partial charge in [0, 0.05) is 0 Å². The summed E-state index contributed by atoms with van der Waals surface area (Å²) in [5.74, 6) is 0.173. The molecule has 0 fully saturated rings. The molecule has 0 aliphatic carbocycles. The van der Waals surface area contributed by atoms with Crippen molar-refractivity contribution in [2.45, 2.75) is 27.2 Å². The number of ketones is 1. The zero-order valence-corrected chi connectivity index (χ0v) is 5.69. The monoisotopic (exact) mass is 112 g/mol. The van der Waals surface area contributed by atoms with Gasteiger partial charge in [-0.1, -0.05) is 13.0 Å². The average Bonchev–Trinajstić information content (AvgIpc) is 1.67. The van der Waals surface area contributed by atoms with Gasteiger partial charge in [-0.15, -0.1) is 0 Å². The summed E-state index contributed by atoms with van der Waals surface area (Å²) in [6, 6.07) is 0. The predicted octanol–water partition coefficient (Wildman–Crippen LogP) is 1.93. The van der Waals surface area contributed by atoms with Gasteiger partial charge in [-0.25, -0.2) is 0 Å². The van der Waals surface area contributed by atoms with E-state index in [1.54, 1.807) is 6.92 Å². The van der Waals surface area contributed by atoms with E-state index in [0.29, 0.717) is 0 Å². The second-order valence-corrected chi connectivity index (χ2v) is 1.85.